The molecule has 6 heteroatoms. The van der Waals surface area contributed by atoms with Crippen molar-refractivity contribution in [3.63, 3.8) is 0 Å². The molecule has 0 aromatic heterocycles. The molecule has 92 valence electrons. The van der Waals surface area contributed by atoms with E-state index in [1.54, 1.807) is 13.3 Å². The number of hydrazone groups is 1. The van der Waals surface area contributed by atoms with E-state index in [0.29, 0.717) is 18.1 Å². The van der Waals surface area contributed by atoms with Crippen LogP contribution in [0.1, 0.15) is 12.5 Å². The highest BCUT2D eigenvalue weighted by atomic mass is 16.5. The zero-order valence-electron chi connectivity index (χ0n) is 9.93. The third kappa shape index (κ3) is 4.02. The second-order valence-corrected chi connectivity index (χ2v) is 3.15. The summed E-state index contributed by atoms with van der Waals surface area (Å²) < 4.78 is 10.6. The van der Waals surface area contributed by atoms with Crippen LogP contribution >= 0.6 is 0 Å². The Morgan fingerprint density at radius 2 is 2.18 bits per heavy atom. The van der Waals surface area contributed by atoms with E-state index in [1.807, 2.05) is 25.1 Å². The smallest absolute Gasteiger partial charge is 0.256 e. The maximum Gasteiger partial charge on any atom is 0.256 e. The van der Waals surface area contributed by atoms with Crippen molar-refractivity contribution < 1.29 is 14.6 Å². The van der Waals surface area contributed by atoms with Crippen LogP contribution in [0.4, 0.5) is 0 Å². The molecule has 0 aliphatic carbocycles. The van der Waals surface area contributed by atoms with Gasteiger partial charge in [-0.05, 0) is 25.1 Å². The molecule has 1 aromatic carbocycles. The minimum absolute atomic E-state index is 0.0280. The molecule has 17 heavy (non-hydrogen) atoms. The van der Waals surface area contributed by atoms with Gasteiger partial charge in [-0.3, -0.25) is 0 Å². The molecule has 0 amide bonds. The Labute approximate surface area is 99.9 Å². The van der Waals surface area contributed by atoms with Gasteiger partial charge in [-0.2, -0.15) is 0 Å². The molecule has 6 nitrogen and oxygen atoms in total. The Balaban J connectivity index is 2.91. The second kappa shape index (κ2) is 6.37. The largest absolute Gasteiger partial charge is 0.493 e. The highest BCUT2D eigenvalue weighted by molar-refractivity contribution is 5.78. The van der Waals surface area contributed by atoms with E-state index in [2.05, 4.69) is 10.2 Å². The lowest BCUT2D eigenvalue weighted by molar-refractivity contribution is -0.456. The normalized spacial score (nSPS) is 10.2. The summed E-state index contributed by atoms with van der Waals surface area (Å²) in [5, 5.41) is 6.26. The number of hydrogen-bond acceptors (Lipinski definition) is 3. The van der Waals surface area contributed by atoms with Gasteiger partial charge in [0.15, 0.2) is 11.5 Å². The van der Waals surface area contributed by atoms with Crippen LogP contribution in [0.15, 0.2) is 23.3 Å². The highest BCUT2D eigenvalue weighted by Gasteiger charge is 2.05. The number of rotatable bonds is 5. The minimum Gasteiger partial charge on any atom is -0.493 e. The first-order valence-electron chi connectivity index (χ1n) is 5.15. The number of guanidine groups is 1. The Bertz CT molecular complexity index is 425. The van der Waals surface area contributed by atoms with Crippen LogP contribution in [0.25, 0.3) is 0 Å². The summed E-state index contributed by atoms with van der Waals surface area (Å²) in [5.41, 5.74) is 11.2. The summed E-state index contributed by atoms with van der Waals surface area (Å²) >= 11 is 0. The molecule has 0 radical (unpaired) electrons. The van der Waals surface area contributed by atoms with Crippen LogP contribution in [0.3, 0.4) is 0 Å². The molecule has 0 bridgehead atoms. The minimum atomic E-state index is -0.0280. The molecule has 0 saturated heterocycles. The van der Waals surface area contributed by atoms with Crippen LogP contribution in [0.5, 0.6) is 11.5 Å². The number of hydrogen-bond donors (Lipinski definition) is 3. The quantitative estimate of drug-likeness (QED) is 0.340. The predicted octanol–water partition coefficient (Wildman–Crippen LogP) is -1.22. The molecule has 0 unspecified atom stereocenters. The van der Waals surface area contributed by atoms with Crippen LogP contribution in [0, 0.1) is 0 Å². The lowest BCUT2D eigenvalue weighted by Gasteiger charge is -2.08. The van der Waals surface area contributed by atoms with Crippen LogP contribution in [-0.4, -0.2) is 25.9 Å². The number of ether oxygens (including phenoxy) is 2. The molecule has 0 heterocycles. The van der Waals surface area contributed by atoms with Crippen LogP contribution < -0.4 is 26.0 Å². The predicted molar refractivity (Wildman–Crippen MR) is 66.1 cm³/mol. The van der Waals surface area contributed by atoms with Crippen molar-refractivity contribution in [1.82, 2.24) is 0 Å². The van der Waals surface area contributed by atoms with Gasteiger partial charge in [-0.1, -0.05) is 0 Å². The molecule has 0 aliphatic rings. The number of nitrogens with zero attached hydrogens (tertiary/aromatic N) is 1. The maximum atomic E-state index is 5.44. The van der Waals surface area contributed by atoms with E-state index in [0.717, 1.165) is 5.56 Å². The molecule has 1 aromatic rings. The Hall–Kier alpha value is -2.24. The number of nitrogens with two attached hydrogens (primary N) is 2. The fraction of sp³-hybridized carbons (Fsp3) is 0.273. The fourth-order valence-corrected chi connectivity index (χ4v) is 1.23. The van der Waals surface area contributed by atoms with E-state index >= 15 is 0 Å². The number of methoxy groups -OCH3 is 1. The van der Waals surface area contributed by atoms with Crippen molar-refractivity contribution in [2.75, 3.05) is 13.7 Å². The third-order valence-corrected chi connectivity index (χ3v) is 1.91. The first-order valence-corrected chi connectivity index (χ1v) is 5.15. The zero-order chi connectivity index (χ0) is 12.7. The van der Waals surface area contributed by atoms with E-state index in [1.165, 1.54) is 0 Å². The van der Waals surface area contributed by atoms with E-state index in [-0.39, 0.29) is 5.96 Å². The van der Waals surface area contributed by atoms with Gasteiger partial charge >= 0.3 is 0 Å². The molecule has 0 aliphatic heterocycles. The number of nitrogens with one attached hydrogen (secondary N) is 1. The summed E-state index contributed by atoms with van der Waals surface area (Å²) in [6, 6.07) is 5.50. The summed E-state index contributed by atoms with van der Waals surface area (Å²) in [7, 11) is 1.60. The van der Waals surface area contributed by atoms with E-state index in [4.69, 9.17) is 20.9 Å². The van der Waals surface area contributed by atoms with Gasteiger partial charge in [-0.25, -0.2) is 0 Å². The molecule has 0 atom stereocenters. The Morgan fingerprint density at radius 3 is 2.76 bits per heavy atom. The van der Waals surface area contributed by atoms with Crippen molar-refractivity contribution in [3.8, 4) is 11.5 Å². The first kappa shape index (κ1) is 12.8. The monoisotopic (exact) mass is 237 g/mol. The average molecular weight is 237 g/mol. The van der Waals surface area contributed by atoms with Crippen molar-refractivity contribution in [1.29, 1.82) is 0 Å². The fourth-order valence-electron chi connectivity index (χ4n) is 1.23. The average Bonchev–Trinajstić information content (AvgIpc) is 2.29. The molecule has 5 N–H and O–H groups in total. The molecular weight excluding hydrogens is 220 g/mol. The van der Waals surface area contributed by atoms with Gasteiger partial charge in [0.25, 0.3) is 5.96 Å². The maximum absolute atomic E-state index is 5.44. The summed E-state index contributed by atoms with van der Waals surface area (Å²) in [6.45, 7) is 2.48. The van der Waals surface area contributed by atoms with Crippen molar-refractivity contribution >= 4 is 12.2 Å². The molecule has 0 spiro atoms. The zero-order valence-corrected chi connectivity index (χ0v) is 9.93. The van der Waals surface area contributed by atoms with Gasteiger partial charge in [0.2, 0.25) is 6.21 Å². The number of benzene rings is 1. The molecular formula is C11H17N4O2+. The van der Waals surface area contributed by atoms with Gasteiger partial charge in [0.1, 0.15) is 0 Å². The summed E-state index contributed by atoms with van der Waals surface area (Å²) in [5.74, 6) is 1.33. The first-order chi connectivity index (χ1) is 8.17. The van der Waals surface area contributed by atoms with Crippen molar-refractivity contribution in [2.24, 2.45) is 16.6 Å². The Kier molecular flexibility index (Phi) is 4.80. The van der Waals surface area contributed by atoms with Crippen molar-refractivity contribution in [3.05, 3.63) is 23.8 Å². The van der Waals surface area contributed by atoms with Gasteiger partial charge in [0.05, 0.1) is 13.7 Å². The molecule has 0 saturated carbocycles. The van der Waals surface area contributed by atoms with Crippen LogP contribution in [0.2, 0.25) is 0 Å². The van der Waals surface area contributed by atoms with E-state index < -0.39 is 0 Å². The lowest BCUT2D eigenvalue weighted by Crippen LogP contribution is -2.63. The van der Waals surface area contributed by atoms with Gasteiger partial charge < -0.3 is 20.9 Å². The summed E-state index contributed by atoms with van der Waals surface area (Å²) in [4.78, 5) is 0. The standard InChI is InChI=1S/C11H16N4O2/c1-3-17-10-6-8(4-5-9(10)16-2)7-14-15-11(12)13/h4-7H,3H2,1-2H3,(H4,12,13,15)/p+1/b14-7+. The summed E-state index contributed by atoms with van der Waals surface area (Å²) in [6.07, 6.45) is 1.65. The Morgan fingerprint density at radius 1 is 1.41 bits per heavy atom. The lowest BCUT2D eigenvalue weighted by atomic mass is 10.2. The highest BCUT2D eigenvalue weighted by Crippen LogP contribution is 2.27. The molecule has 0 fully saturated rings. The van der Waals surface area contributed by atoms with Gasteiger partial charge in [0, 0.05) is 10.7 Å². The van der Waals surface area contributed by atoms with Gasteiger partial charge in [-0.15, -0.1) is 5.10 Å². The second-order valence-electron chi connectivity index (χ2n) is 3.15. The van der Waals surface area contributed by atoms with Crippen molar-refractivity contribution in [2.45, 2.75) is 6.92 Å². The SMILES string of the molecule is CCOc1cc(/C=[NH+]/N=C(N)N)ccc1OC. The van der Waals surface area contributed by atoms with Crippen LogP contribution in [-0.2, 0) is 0 Å². The topological polar surface area (TPSA) is 96.8 Å². The van der Waals surface area contributed by atoms with E-state index in [9.17, 15) is 0 Å². The third-order valence-electron chi connectivity index (χ3n) is 1.91. The molecule has 1 rings (SSSR count).